The molecule has 0 radical (unpaired) electrons. The number of methoxy groups -OCH3 is 2. The molecule has 4 aromatic rings. The van der Waals surface area contributed by atoms with Gasteiger partial charge >= 0.3 is 0 Å². The second kappa shape index (κ2) is 25.4. The molecule has 0 saturated carbocycles. The summed E-state index contributed by atoms with van der Waals surface area (Å²) >= 11 is 0. The first-order chi connectivity index (χ1) is 34.9. The van der Waals surface area contributed by atoms with Gasteiger partial charge in [0.15, 0.2) is 0 Å². The predicted octanol–water partition coefficient (Wildman–Crippen LogP) is 13.6. The second-order valence-corrected chi connectivity index (χ2v) is 20.8. The zero-order chi connectivity index (χ0) is 54.7. The highest BCUT2D eigenvalue weighted by atomic mass is 16.5. The maximum absolute atomic E-state index is 13.6. The summed E-state index contributed by atoms with van der Waals surface area (Å²) in [6, 6.07) is 15.0. The van der Waals surface area contributed by atoms with Gasteiger partial charge in [0.1, 0.15) is 45.9 Å². The highest BCUT2D eigenvalue weighted by Gasteiger charge is 2.35. The van der Waals surface area contributed by atoms with E-state index in [1.165, 1.54) is 57.3 Å². The fourth-order valence-electron chi connectivity index (χ4n) is 9.47. The number of hydrogen-bond donors (Lipinski definition) is 6. The van der Waals surface area contributed by atoms with E-state index in [4.69, 9.17) is 9.47 Å². The Kier molecular flexibility index (Phi) is 19.9. The Bertz CT molecular complexity index is 2770. The summed E-state index contributed by atoms with van der Waals surface area (Å²) in [6.45, 7) is 17.3. The fraction of sp³-hybridized carbons (Fsp3) is 0.433. The van der Waals surface area contributed by atoms with E-state index >= 15 is 0 Å². The van der Waals surface area contributed by atoms with Gasteiger partial charge in [0.25, 0.3) is 11.8 Å². The van der Waals surface area contributed by atoms with Crippen molar-refractivity contribution in [2.24, 2.45) is 0 Å². The molecular weight excluding hydrogens is 937 g/mol. The molecule has 14 nitrogen and oxygen atoms in total. The normalized spacial score (nSPS) is 14.8. The molecule has 0 saturated heterocycles. The molecule has 6 N–H and O–H groups in total. The summed E-state index contributed by atoms with van der Waals surface area (Å²) in [7, 11) is 6.88. The van der Waals surface area contributed by atoms with Crippen molar-refractivity contribution in [3.8, 4) is 34.5 Å². The second-order valence-electron chi connectivity index (χ2n) is 20.8. The molecule has 0 aromatic heterocycles. The molecule has 0 spiro atoms. The van der Waals surface area contributed by atoms with Gasteiger partial charge in [-0.1, -0.05) is 58.7 Å². The first kappa shape index (κ1) is 58.0. The number of benzene rings is 4. The highest BCUT2D eigenvalue weighted by Crippen LogP contribution is 2.51. The Balaban J connectivity index is 0.000000274. The molecule has 2 amide bonds. The van der Waals surface area contributed by atoms with Crippen molar-refractivity contribution in [3.63, 3.8) is 0 Å². The van der Waals surface area contributed by atoms with E-state index in [0.717, 1.165) is 75.4 Å². The molecule has 4 aromatic carbocycles. The molecule has 2 heterocycles. The summed E-state index contributed by atoms with van der Waals surface area (Å²) < 4.78 is 11.3. The lowest BCUT2D eigenvalue weighted by atomic mass is 9.92. The van der Waals surface area contributed by atoms with Crippen LogP contribution in [0, 0.1) is 0 Å². The maximum atomic E-state index is 13.6. The Morgan fingerprint density at radius 2 is 0.973 bits per heavy atom. The average Bonchev–Trinajstić information content (AvgIpc) is 3.48. The van der Waals surface area contributed by atoms with Gasteiger partial charge in [-0.05, 0) is 144 Å². The number of fused-ring (bicyclic) bond motifs is 4. The number of allylic oxidation sites excluding steroid dienone is 6. The maximum Gasteiger partial charge on any atom is 0.260 e. The number of rotatable bonds is 20. The third-order valence-electron chi connectivity index (χ3n) is 14.2. The first-order valence-corrected chi connectivity index (χ1v) is 25.5. The number of nitrogens with zero attached hydrogens (tertiary/aromatic N) is 4. The molecule has 2 aliphatic heterocycles. The Hall–Kier alpha value is -6.90. The van der Waals surface area contributed by atoms with Crippen LogP contribution in [0.3, 0.4) is 0 Å². The molecule has 0 bridgehead atoms. The van der Waals surface area contributed by atoms with Gasteiger partial charge in [-0.15, -0.1) is 0 Å². The Labute approximate surface area is 438 Å². The van der Waals surface area contributed by atoms with Gasteiger partial charge in [-0.3, -0.25) is 9.59 Å². The minimum atomic E-state index is -0.322. The van der Waals surface area contributed by atoms with E-state index < -0.39 is 0 Å². The standard InChI is InChI=1S/2C30H40N2O5/c1-20(2)10-8-15-30(4,37-6)16-9-11-21(3)14-17-32-24-18-22(33)19-26(35)28(24)31(5)27-23(29(32)36)12-7-13-25(27)34;1-20(12-9-16-30(3,4)37-6)10-7-11-21(2)15-17-32-24-18-22(33)19-26(35)28(24)31(5)27-23(29(32)36)13-8-14-25(27)34/h7,10,12-14,18-19,33-35H,8-9,11,15-17H2,1-6H3;8,10,13-15,18-19,33-35H,7,9,11-12,16-17H2,1-6H3/b21-14+;20-10+,21-15+. The molecule has 74 heavy (non-hydrogen) atoms. The van der Waals surface area contributed by atoms with Crippen LogP contribution in [0.2, 0.25) is 0 Å². The molecule has 6 rings (SSSR count). The van der Waals surface area contributed by atoms with Gasteiger partial charge in [0, 0.05) is 65.7 Å². The van der Waals surface area contributed by atoms with Crippen LogP contribution < -0.4 is 19.6 Å². The van der Waals surface area contributed by atoms with E-state index in [0.29, 0.717) is 45.3 Å². The lowest BCUT2D eigenvalue weighted by Crippen LogP contribution is -2.30. The first-order valence-electron chi connectivity index (χ1n) is 25.5. The Morgan fingerprint density at radius 3 is 1.42 bits per heavy atom. The van der Waals surface area contributed by atoms with Crippen LogP contribution in [-0.4, -0.2) is 95.1 Å². The van der Waals surface area contributed by atoms with Crippen molar-refractivity contribution in [2.75, 3.05) is 61.0 Å². The van der Waals surface area contributed by atoms with Crippen LogP contribution in [0.5, 0.6) is 34.5 Å². The number of hydrogen-bond acceptors (Lipinski definition) is 12. The van der Waals surface area contributed by atoms with Gasteiger partial charge < -0.3 is 59.7 Å². The summed E-state index contributed by atoms with van der Waals surface area (Å²) in [5.74, 6) is -1.42. The third-order valence-corrected chi connectivity index (χ3v) is 14.2. The number of aromatic hydroxyl groups is 6. The number of amides is 2. The smallest absolute Gasteiger partial charge is 0.260 e. The highest BCUT2D eigenvalue weighted by molar-refractivity contribution is 6.16. The summed E-state index contributed by atoms with van der Waals surface area (Å²) in [5, 5.41) is 62.8. The monoisotopic (exact) mass is 1020 g/mol. The van der Waals surface area contributed by atoms with Gasteiger partial charge in [-0.2, -0.15) is 0 Å². The SMILES string of the molecule is COC(C)(C)CCC/C(C)=C/CC/C(C)=C/CN1C(=O)c2cccc(O)c2N(C)c2c(O)cc(O)cc21.COC(C)(CCC=C(C)C)CCC/C(C)=C/CN1C(=O)c2cccc(O)c2N(C)c2c(O)cc(O)cc21. The van der Waals surface area contributed by atoms with Crippen molar-refractivity contribution in [1.29, 1.82) is 0 Å². The molecule has 1 unspecified atom stereocenters. The number of para-hydroxylation sites is 2. The largest absolute Gasteiger partial charge is 0.508 e. The minimum Gasteiger partial charge on any atom is -0.508 e. The molecule has 1 atom stereocenters. The van der Waals surface area contributed by atoms with Gasteiger partial charge in [0.05, 0.1) is 45.1 Å². The van der Waals surface area contributed by atoms with E-state index in [1.807, 2.05) is 26.0 Å². The number of carbonyl (C=O) groups excluding carboxylic acids is 2. The van der Waals surface area contributed by atoms with E-state index in [1.54, 1.807) is 62.4 Å². The summed E-state index contributed by atoms with van der Waals surface area (Å²) in [5.41, 5.74) is 7.35. The number of anilines is 6. The van der Waals surface area contributed by atoms with E-state index in [9.17, 15) is 40.2 Å². The lowest BCUT2D eigenvalue weighted by Gasteiger charge is -2.28. The molecule has 0 fully saturated rings. The molecule has 400 valence electrons. The minimum absolute atomic E-state index is 0.0618. The number of phenols is 6. The third kappa shape index (κ3) is 14.4. The quantitative estimate of drug-likeness (QED) is 0.0461. The van der Waals surface area contributed by atoms with Crippen LogP contribution in [-0.2, 0) is 9.47 Å². The zero-order valence-electron chi connectivity index (χ0n) is 45.7. The van der Waals surface area contributed by atoms with E-state index in [2.05, 4.69) is 53.7 Å². The van der Waals surface area contributed by atoms with Crippen molar-refractivity contribution < 1.29 is 49.7 Å². The Morgan fingerprint density at radius 1 is 0.527 bits per heavy atom. The van der Waals surface area contributed by atoms with Crippen molar-refractivity contribution in [2.45, 2.75) is 131 Å². The molecule has 14 heteroatoms. The van der Waals surface area contributed by atoms with Crippen molar-refractivity contribution in [3.05, 3.63) is 118 Å². The number of ether oxygens (including phenoxy) is 2. The van der Waals surface area contributed by atoms with Crippen LogP contribution in [0.4, 0.5) is 34.1 Å². The average molecular weight is 1020 g/mol. The van der Waals surface area contributed by atoms with Gasteiger partial charge in [0.2, 0.25) is 0 Å². The topological polar surface area (TPSA) is 187 Å². The molecule has 2 aliphatic rings. The number of phenolic OH excluding ortho intramolecular Hbond substituents is 6. The molecule has 0 aliphatic carbocycles. The van der Waals surface area contributed by atoms with Gasteiger partial charge in [-0.25, -0.2) is 0 Å². The predicted molar refractivity (Wildman–Crippen MR) is 299 cm³/mol. The van der Waals surface area contributed by atoms with Crippen molar-refractivity contribution in [1.82, 2.24) is 0 Å². The summed E-state index contributed by atoms with van der Waals surface area (Å²) in [6.07, 6.45) is 18.1. The van der Waals surface area contributed by atoms with Crippen LogP contribution in [0.1, 0.15) is 140 Å². The molecular formula is C60H80N4O10. The van der Waals surface area contributed by atoms with Crippen molar-refractivity contribution >= 4 is 45.9 Å². The van der Waals surface area contributed by atoms with Crippen LogP contribution >= 0.6 is 0 Å². The van der Waals surface area contributed by atoms with Crippen LogP contribution in [0.25, 0.3) is 0 Å². The number of carbonyl (C=O) groups is 2. The van der Waals surface area contributed by atoms with Crippen LogP contribution in [0.15, 0.2) is 107 Å². The van der Waals surface area contributed by atoms with E-state index in [-0.39, 0.29) is 70.6 Å². The summed E-state index contributed by atoms with van der Waals surface area (Å²) in [4.78, 5) is 33.5. The fourth-order valence-corrected chi connectivity index (χ4v) is 9.47. The zero-order valence-corrected chi connectivity index (χ0v) is 45.7. The lowest BCUT2D eigenvalue weighted by molar-refractivity contribution is -0.00882.